The number of aromatic nitrogens is 4. The molecule has 0 bridgehead atoms. The molecule has 0 aliphatic rings. The van der Waals surface area contributed by atoms with Crippen LogP contribution >= 0.6 is 0 Å². The standard InChI is InChI=1S/C8H8N4O2/c1-5-10-8(12-14-5)7-3-6(13-2)4-9-11-7/h3-4H,1-2H3. The highest BCUT2D eigenvalue weighted by atomic mass is 16.5. The lowest BCUT2D eigenvalue weighted by atomic mass is 10.3. The average Bonchev–Trinajstić information content (AvgIpc) is 2.65. The molecule has 0 radical (unpaired) electrons. The molecular weight excluding hydrogens is 184 g/mol. The molecule has 6 heteroatoms. The zero-order valence-electron chi connectivity index (χ0n) is 7.76. The van der Waals surface area contributed by atoms with Crippen molar-refractivity contribution in [2.45, 2.75) is 6.92 Å². The molecule has 2 rings (SSSR count). The summed E-state index contributed by atoms with van der Waals surface area (Å²) in [5, 5.41) is 11.3. The molecule has 0 aliphatic heterocycles. The number of aryl methyl sites for hydroxylation is 1. The minimum atomic E-state index is 0.411. The van der Waals surface area contributed by atoms with Crippen molar-refractivity contribution in [2.75, 3.05) is 7.11 Å². The van der Waals surface area contributed by atoms with Crippen molar-refractivity contribution in [3.63, 3.8) is 0 Å². The lowest BCUT2D eigenvalue weighted by molar-refractivity contribution is 0.394. The van der Waals surface area contributed by atoms with Gasteiger partial charge in [0.15, 0.2) is 0 Å². The zero-order chi connectivity index (χ0) is 9.97. The molecule has 0 aromatic carbocycles. The second-order valence-electron chi connectivity index (χ2n) is 2.62. The van der Waals surface area contributed by atoms with E-state index in [1.54, 1.807) is 20.1 Å². The first kappa shape index (κ1) is 8.61. The van der Waals surface area contributed by atoms with E-state index in [4.69, 9.17) is 9.26 Å². The first-order valence-electron chi connectivity index (χ1n) is 3.97. The fourth-order valence-corrected chi connectivity index (χ4v) is 0.973. The maximum Gasteiger partial charge on any atom is 0.223 e. The predicted molar refractivity (Wildman–Crippen MR) is 46.6 cm³/mol. The van der Waals surface area contributed by atoms with E-state index in [0.29, 0.717) is 23.2 Å². The van der Waals surface area contributed by atoms with Gasteiger partial charge >= 0.3 is 0 Å². The van der Waals surface area contributed by atoms with Gasteiger partial charge in [-0.1, -0.05) is 5.16 Å². The van der Waals surface area contributed by atoms with Crippen LogP contribution < -0.4 is 4.74 Å². The average molecular weight is 192 g/mol. The van der Waals surface area contributed by atoms with Gasteiger partial charge < -0.3 is 9.26 Å². The smallest absolute Gasteiger partial charge is 0.223 e. The van der Waals surface area contributed by atoms with E-state index >= 15 is 0 Å². The Morgan fingerprint density at radius 2 is 2.29 bits per heavy atom. The summed E-state index contributed by atoms with van der Waals surface area (Å²) in [5.74, 6) is 1.51. The summed E-state index contributed by atoms with van der Waals surface area (Å²) in [7, 11) is 1.56. The Labute approximate surface area is 79.9 Å². The third-order valence-corrected chi connectivity index (χ3v) is 1.62. The third-order valence-electron chi connectivity index (χ3n) is 1.62. The molecule has 0 unspecified atom stereocenters. The Hall–Kier alpha value is -1.98. The van der Waals surface area contributed by atoms with Gasteiger partial charge in [0.05, 0.1) is 13.3 Å². The van der Waals surface area contributed by atoms with E-state index in [1.807, 2.05) is 0 Å². The molecule has 0 spiro atoms. The van der Waals surface area contributed by atoms with Crippen molar-refractivity contribution < 1.29 is 9.26 Å². The van der Waals surface area contributed by atoms with Crippen LogP contribution in [0.5, 0.6) is 5.75 Å². The zero-order valence-corrected chi connectivity index (χ0v) is 7.76. The van der Waals surface area contributed by atoms with Gasteiger partial charge in [-0.05, 0) is 0 Å². The van der Waals surface area contributed by atoms with Crippen molar-refractivity contribution in [1.82, 2.24) is 20.3 Å². The highest BCUT2D eigenvalue weighted by molar-refractivity contribution is 5.49. The number of methoxy groups -OCH3 is 1. The Morgan fingerprint density at radius 3 is 2.93 bits per heavy atom. The van der Waals surface area contributed by atoms with Crippen LogP contribution in [0.1, 0.15) is 5.89 Å². The van der Waals surface area contributed by atoms with Crippen LogP contribution in [0.4, 0.5) is 0 Å². The van der Waals surface area contributed by atoms with Crippen LogP contribution in [0.2, 0.25) is 0 Å². The lowest BCUT2D eigenvalue weighted by Crippen LogP contribution is -1.91. The highest BCUT2D eigenvalue weighted by Gasteiger charge is 2.08. The molecule has 0 N–H and O–H groups in total. The van der Waals surface area contributed by atoms with Crippen LogP contribution in [-0.4, -0.2) is 27.4 Å². The molecule has 0 fully saturated rings. The van der Waals surface area contributed by atoms with Crippen LogP contribution in [0.25, 0.3) is 11.5 Å². The second-order valence-corrected chi connectivity index (χ2v) is 2.62. The highest BCUT2D eigenvalue weighted by Crippen LogP contribution is 2.16. The minimum Gasteiger partial charge on any atom is -0.495 e. The summed E-state index contributed by atoms with van der Waals surface area (Å²) in [5.41, 5.74) is 0.529. The normalized spacial score (nSPS) is 10.1. The van der Waals surface area contributed by atoms with Crippen LogP contribution in [0, 0.1) is 6.92 Å². The number of ether oxygens (including phenoxy) is 1. The molecule has 2 aromatic rings. The molecule has 0 amide bonds. The number of hydrogen-bond donors (Lipinski definition) is 0. The Kier molecular flexibility index (Phi) is 2.10. The summed E-state index contributed by atoms with van der Waals surface area (Å²) in [6.45, 7) is 1.71. The van der Waals surface area contributed by atoms with E-state index < -0.39 is 0 Å². The van der Waals surface area contributed by atoms with E-state index in [-0.39, 0.29) is 0 Å². The summed E-state index contributed by atoms with van der Waals surface area (Å²) < 4.78 is 9.82. The lowest BCUT2D eigenvalue weighted by Gasteiger charge is -1.97. The van der Waals surface area contributed by atoms with Crippen LogP contribution in [0.15, 0.2) is 16.8 Å². The van der Waals surface area contributed by atoms with Crippen molar-refractivity contribution in [2.24, 2.45) is 0 Å². The Balaban J connectivity index is 2.41. The van der Waals surface area contributed by atoms with Gasteiger partial charge in [-0.2, -0.15) is 10.1 Å². The molecule has 72 valence electrons. The molecule has 2 heterocycles. The minimum absolute atomic E-state index is 0.411. The molecule has 0 aliphatic carbocycles. The number of nitrogens with zero attached hydrogens (tertiary/aromatic N) is 4. The van der Waals surface area contributed by atoms with E-state index in [0.717, 1.165) is 0 Å². The van der Waals surface area contributed by atoms with Gasteiger partial charge in [0.25, 0.3) is 0 Å². The monoisotopic (exact) mass is 192 g/mol. The van der Waals surface area contributed by atoms with Crippen LogP contribution in [-0.2, 0) is 0 Å². The Morgan fingerprint density at radius 1 is 1.43 bits per heavy atom. The van der Waals surface area contributed by atoms with Gasteiger partial charge in [-0.15, -0.1) is 5.10 Å². The number of hydrogen-bond acceptors (Lipinski definition) is 6. The quantitative estimate of drug-likeness (QED) is 0.702. The first-order chi connectivity index (χ1) is 6.79. The summed E-state index contributed by atoms with van der Waals surface area (Å²) in [4.78, 5) is 4.02. The van der Waals surface area contributed by atoms with Crippen LogP contribution in [0.3, 0.4) is 0 Å². The summed E-state index contributed by atoms with van der Waals surface area (Å²) in [6.07, 6.45) is 1.51. The topological polar surface area (TPSA) is 73.9 Å². The predicted octanol–water partition coefficient (Wildman–Crippen LogP) is 0.844. The largest absolute Gasteiger partial charge is 0.495 e. The Bertz CT molecular complexity index is 440. The molecule has 2 aromatic heterocycles. The third kappa shape index (κ3) is 1.54. The fourth-order valence-electron chi connectivity index (χ4n) is 0.973. The first-order valence-corrected chi connectivity index (χ1v) is 3.97. The van der Waals surface area contributed by atoms with Gasteiger partial charge in [0, 0.05) is 13.0 Å². The second kappa shape index (κ2) is 3.41. The van der Waals surface area contributed by atoms with Gasteiger partial charge in [-0.3, -0.25) is 0 Å². The summed E-state index contributed by atoms with van der Waals surface area (Å²) in [6, 6.07) is 1.69. The molecule has 0 saturated heterocycles. The molecule has 6 nitrogen and oxygen atoms in total. The van der Waals surface area contributed by atoms with E-state index in [9.17, 15) is 0 Å². The van der Waals surface area contributed by atoms with Crippen molar-refractivity contribution >= 4 is 0 Å². The van der Waals surface area contributed by atoms with Gasteiger partial charge in [0.2, 0.25) is 11.7 Å². The van der Waals surface area contributed by atoms with E-state index in [1.165, 1.54) is 6.20 Å². The summed E-state index contributed by atoms with van der Waals surface area (Å²) >= 11 is 0. The van der Waals surface area contributed by atoms with Crippen molar-refractivity contribution in [3.05, 3.63) is 18.2 Å². The van der Waals surface area contributed by atoms with Gasteiger partial charge in [-0.25, -0.2) is 0 Å². The molecule has 14 heavy (non-hydrogen) atoms. The molecule has 0 atom stereocenters. The fraction of sp³-hybridized carbons (Fsp3) is 0.250. The molecular formula is C8H8N4O2. The SMILES string of the molecule is COc1cnnc(-c2noc(C)n2)c1. The maximum atomic E-state index is 4.99. The van der Waals surface area contributed by atoms with Crippen molar-refractivity contribution in [3.8, 4) is 17.3 Å². The van der Waals surface area contributed by atoms with Crippen molar-refractivity contribution in [1.29, 1.82) is 0 Å². The molecule has 0 saturated carbocycles. The number of rotatable bonds is 2. The van der Waals surface area contributed by atoms with E-state index in [2.05, 4.69) is 20.3 Å². The van der Waals surface area contributed by atoms with Gasteiger partial charge in [0.1, 0.15) is 11.4 Å². The maximum absolute atomic E-state index is 4.99.